The highest BCUT2D eigenvalue weighted by molar-refractivity contribution is 7.90. The molecule has 1 aliphatic heterocycles. The SMILES string of the molecule is O=S(=O)(N1CCC(c2n[nH]c3cc[c]cc23)CC1)C(F)(F)F. The zero-order chi connectivity index (χ0) is 16.0. The van der Waals surface area contributed by atoms with Crippen LogP contribution >= 0.6 is 0 Å². The van der Waals surface area contributed by atoms with Crippen LogP contribution in [0.3, 0.4) is 0 Å². The molecule has 1 radical (unpaired) electrons. The van der Waals surface area contributed by atoms with Crippen molar-refractivity contribution in [2.24, 2.45) is 0 Å². The highest BCUT2D eigenvalue weighted by Gasteiger charge is 2.50. The van der Waals surface area contributed by atoms with Crippen LogP contribution in [0.15, 0.2) is 18.2 Å². The summed E-state index contributed by atoms with van der Waals surface area (Å²) in [6, 6.07) is 8.26. The first-order valence-electron chi connectivity index (χ1n) is 6.71. The number of halogens is 3. The molecule has 22 heavy (non-hydrogen) atoms. The molecule has 0 amide bonds. The molecule has 2 aromatic rings. The molecule has 1 N–H and O–H groups in total. The van der Waals surface area contributed by atoms with Gasteiger partial charge in [0.1, 0.15) is 0 Å². The Morgan fingerprint density at radius 3 is 2.64 bits per heavy atom. The van der Waals surface area contributed by atoms with E-state index in [2.05, 4.69) is 16.3 Å². The Bertz CT molecular complexity index is 777. The molecule has 0 aliphatic carbocycles. The number of aromatic amines is 1. The lowest BCUT2D eigenvalue weighted by Crippen LogP contribution is -2.44. The predicted molar refractivity (Wildman–Crippen MR) is 73.5 cm³/mol. The topological polar surface area (TPSA) is 66.1 Å². The van der Waals surface area contributed by atoms with Crippen LogP contribution in [0.1, 0.15) is 24.5 Å². The van der Waals surface area contributed by atoms with Gasteiger partial charge < -0.3 is 0 Å². The van der Waals surface area contributed by atoms with Gasteiger partial charge in [-0.1, -0.05) is 6.07 Å². The van der Waals surface area contributed by atoms with E-state index < -0.39 is 15.5 Å². The lowest BCUT2D eigenvalue weighted by Gasteiger charge is -2.30. The minimum absolute atomic E-state index is 0.0655. The van der Waals surface area contributed by atoms with Crippen LogP contribution in [0, 0.1) is 6.07 Å². The highest BCUT2D eigenvalue weighted by Crippen LogP contribution is 2.35. The third-order valence-corrected chi connectivity index (χ3v) is 5.54. The summed E-state index contributed by atoms with van der Waals surface area (Å²) in [5.41, 5.74) is -3.65. The largest absolute Gasteiger partial charge is 0.511 e. The van der Waals surface area contributed by atoms with Gasteiger partial charge in [0.15, 0.2) is 0 Å². The van der Waals surface area contributed by atoms with Gasteiger partial charge in [-0.2, -0.15) is 22.6 Å². The summed E-state index contributed by atoms with van der Waals surface area (Å²) >= 11 is 0. The van der Waals surface area contributed by atoms with Gasteiger partial charge in [-0.05, 0) is 31.0 Å². The Hall–Kier alpha value is -1.61. The number of H-pyrrole nitrogens is 1. The molecular weight excluding hydrogens is 319 g/mol. The summed E-state index contributed by atoms with van der Waals surface area (Å²) in [6.07, 6.45) is 0.619. The number of benzene rings is 1. The molecule has 1 aromatic heterocycles. The summed E-state index contributed by atoms with van der Waals surface area (Å²) in [6.45, 7) is -0.311. The van der Waals surface area contributed by atoms with Crippen molar-refractivity contribution in [3.63, 3.8) is 0 Å². The lowest BCUT2D eigenvalue weighted by atomic mass is 9.92. The molecule has 9 heteroatoms. The van der Waals surface area contributed by atoms with Crippen LogP contribution in [-0.4, -0.2) is 41.5 Å². The summed E-state index contributed by atoms with van der Waals surface area (Å²) in [5, 5.41) is 7.96. The number of nitrogens with zero attached hydrogens (tertiary/aromatic N) is 2. The van der Waals surface area contributed by atoms with Crippen LogP contribution in [0.4, 0.5) is 13.2 Å². The summed E-state index contributed by atoms with van der Waals surface area (Å²) in [5.74, 6) is -0.0655. The van der Waals surface area contributed by atoms with E-state index in [1.54, 1.807) is 12.1 Å². The molecule has 119 valence electrons. The van der Waals surface area contributed by atoms with Gasteiger partial charge in [-0.25, -0.2) is 8.42 Å². The molecule has 2 heterocycles. The first-order valence-corrected chi connectivity index (χ1v) is 8.15. The van der Waals surface area contributed by atoms with Gasteiger partial charge >= 0.3 is 15.5 Å². The number of sulfonamides is 1. The van der Waals surface area contributed by atoms with Crippen LogP contribution in [0.2, 0.25) is 0 Å². The van der Waals surface area contributed by atoms with Crippen molar-refractivity contribution >= 4 is 20.9 Å². The predicted octanol–water partition coefficient (Wildman–Crippen LogP) is 2.39. The molecule has 0 saturated carbocycles. The van der Waals surface area contributed by atoms with Gasteiger partial charge in [0.2, 0.25) is 0 Å². The number of aromatic nitrogens is 2. The smallest absolute Gasteiger partial charge is 0.278 e. The number of alkyl halides is 3. The number of hydrogen-bond acceptors (Lipinski definition) is 3. The second-order valence-corrected chi connectivity index (χ2v) is 7.13. The third kappa shape index (κ3) is 2.48. The van der Waals surface area contributed by atoms with Gasteiger partial charge in [0.25, 0.3) is 0 Å². The van der Waals surface area contributed by atoms with Crippen LogP contribution in [0.5, 0.6) is 0 Å². The quantitative estimate of drug-likeness (QED) is 0.918. The average Bonchev–Trinajstić information content (AvgIpc) is 2.90. The van der Waals surface area contributed by atoms with E-state index >= 15 is 0 Å². The summed E-state index contributed by atoms with van der Waals surface area (Å²) in [4.78, 5) is 0. The van der Waals surface area contributed by atoms with E-state index in [0.717, 1.165) is 16.6 Å². The monoisotopic (exact) mass is 332 g/mol. The van der Waals surface area contributed by atoms with E-state index in [-0.39, 0.29) is 19.0 Å². The van der Waals surface area contributed by atoms with E-state index in [9.17, 15) is 21.6 Å². The molecule has 1 aromatic carbocycles. The van der Waals surface area contributed by atoms with Gasteiger partial charge in [0.05, 0.1) is 11.2 Å². The van der Waals surface area contributed by atoms with Gasteiger partial charge in [-0.3, -0.25) is 5.10 Å². The maximum atomic E-state index is 12.5. The Kier molecular flexibility index (Phi) is 3.64. The molecular formula is C13H13F3N3O2S. The molecule has 0 bridgehead atoms. The fourth-order valence-corrected chi connectivity index (χ4v) is 3.73. The normalized spacial score (nSPS) is 18.9. The lowest BCUT2D eigenvalue weighted by molar-refractivity contribution is -0.0494. The van der Waals surface area contributed by atoms with Crippen LogP contribution in [0.25, 0.3) is 10.9 Å². The molecule has 1 fully saturated rings. The first kappa shape index (κ1) is 15.3. The van der Waals surface area contributed by atoms with Crippen LogP contribution < -0.4 is 0 Å². The number of rotatable bonds is 2. The molecule has 0 atom stereocenters. The molecule has 3 rings (SSSR count). The molecule has 5 nitrogen and oxygen atoms in total. The number of nitrogens with one attached hydrogen (secondary N) is 1. The highest BCUT2D eigenvalue weighted by atomic mass is 32.2. The number of fused-ring (bicyclic) bond motifs is 1. The Labute approximate surface area is 125 Å². The molecule has 0 unspecified atom stereocenters. The zero-order valence-electron chi connectivity index (χ0n) is 11.4. The Balaban J connectivity index is 1.78. The van der Waals surface area contributed by atoms with Crippen molar-refractivity contribution in [1.29, 1.82) is 0 Å². The molecule has 1 aliphatic rings. The van der Waals surface area contributed by atoms with Gasteiger partial charge in [0, 0.05) is 24.4 Å². The molecule has 0 spiro atoms. The van der Waals surface area contributed by atoms with E-state index in [1.165, 1.54) is 0 Å². The van der Waals surface area contributed by atoms with Crippen molar-refractivity contribution in [2.75, 3.05) is 13.1 Å². The fraction of sp³-hybridized carbons (Fsp3) is 0.462. The Morgan fingerprint density at radius 2 is 2.00 bits per heavy atom. The third-order valence-electron chi connectivity index (χ3n) is 3.91. The van der Waals surface area contributed by atoms with Crippen molar-refractivity contribution in [2.45, 2.75) is 24.3 Å². The van der Waals surface area contributed by atoms with Crippen LogP contribution in [-0.2, 0) is 10.0 Å². The van der Waals surface area contributed by atoms with E-state index in [4.69, 9.17) is 0 Å². The molecule has 1 saturated heterocycles. The zero-order valence-corrected chi connectivity index (χ0v) is 12.2. The second kappa shape index (κ2) is 5.24. The van der Waals surface area contributed by atoms with E-state index in [0.29, 0.717) is 17.1 Å². The van der Waals surface area contributed by atoms with Crippen molar-refractivity contribution in [3.8, 4) is 0 Å². The van der Waals surface area contributed by atoms with Gasteiger partial charge in [-0.15, -0.1) is 0 Å². The summed E-state index contributed by atoms with van der Waals surface area (Å²) < 4.78 is 60.9. The fourth-order valence-electron chi connectivity index (χ4n) is 2.75. The van der Waals surface area contributed by atoms with Crippen molar-refractivity contribution in [1.82, 2.24) is 14.5 Å². The number of piperidine rings is 1. The van der Waals surface area contributed by atoms with Crippen molar-refractivity contribution in [3.05, 3.63) is 30.0 Å². The first-order chi connectivity index (χ1) is 10.3. The minimum Gasteiger partial charge on any atom is -0.278 e. The average molecular weight is 332 g/mol. The number of hydrogen-bond donors (Lipinski definition) is 1. The minimum atomic E-state index is -5.24. The van der Waals surface area contributed by atoms with Crippen molar-refractivity contribution < 1.29 is 21.6 Å². The maximum Gasteiger partial charge on any atom is 0.511 e. The maximum absolute atomic E-state index is 12.5. The standard InChI is InChI=1S/C13H13F3N3O2S/c14-13(15,16)22(20,21)19-7-5-9(6-8-19)12-10-3-1-2-4-11(10)17-18-12/h2-4,9H,5-8H2,(H,17,18). The Morgan fingerprint density at radius 1 is 1.32 bits per heavy atom. The van der Waals surface area contributed by atoms with E-state index in [1.807, 2.05) is 6.07 Å². The second-order valence-electron chi connectivity index (χ2n) is 5.20. The summed E-state index contributed by atoms with van der Waals surface area (Å²) in [7, 11) is -5.24.